The summed E-state index contributed by atoms with van der Waals surface area (Å²) in [6.07, 6.45) is 4.35. The fourth-order valence-corrected chi connectivity index (χ4v) is 1.85. The zero-order chi connectivity index (χ0) is 14.5. The van der Waals surface area contributed by atoms with Gasteiger partial charge in [-0.3, -0.25) is 9.78 Å². The Hall–Kier alpha value is -2.63. The van der Waals surface area contributed by atoms with Crippen molar-refractivity contribution in [2.45, 2.75) is 6.42 Å². The molecule has 0 aliphatic carbocycles. The average Bonchev–Trinajstić information content (AvgIpc) is 2.46. The normalized spacial score (nSPS) is 10.2. The number of carbonyl (C=O) groups is 1. The SMILES string of the molecule is CN(CCc1ccncc1)c1nc(C(N)=O)ccc1N. The maximum absolute atomic E-state index is 11.2. The van der Waals surface area contributed by atoms with E-state index in [-0.39, 0.29) is 5.69 Å². The monoisotopic (exact) mass is 271 g/mol. The molecule has 0 bridgehead atoms. The van der Waals surface area contributed by atoms with Crippen LogP contribution < -0.4 is 16.4 Å². The van der Waals surface area contributed by atoms with E-state index in [1.807, 2.05) is 24.1 Å². The van der Waals surface area contributed by atoms with Crippen LogP contribution in [0, 0.1) is 0 Å². The number of likely N-dealkylation sites (N-methyl/N-ethyl adjacent to an activating group) is 1. The van der Waals surface area contributed by atoms with Crippen LogP contribution in [-0.2, 0) is 6.42 Å². The fourth-order valence-electron chi connectivity index (χ4n) is 1.85. The molecular formula is C14H17N5O. The molecule has 2 heterocycles. The highest BCUT2D eigenvalue weighted by molar-refractivity contribution is 5.91. The topological polar surface area (TPSA) is 98.1 Å². The summed E-state index contributed by atoms with van der Waals surface area (Å²) in [7, 11) is 1.88. The molecule has 2 aromatic heterocycles. The van der Waals surface area contributed by atoms with Crippen molar-refractivity contribution in [1.82, 2.24) is 9.97 Å². The molecule has 2 aromatic rings. The van der Waals surface area contributed by atoms with Gasteiger partial charge in [-0.25, -0.2) is 4.98 Å². The van der Waals surface area contributed by atoms with Crippen LogP contribution in [0.1, 0.15) is 16.1 Å². The molecule has 0 aromatic carbocycles. The predicted molar refractivity (Wildman–Crippen MR) is 78.4 cm³/mol. The first-order valence-electron chi connectivity index (χ1n) is 6.24. The lowest BCUT2D eigenvalue weighted by atomic mass is 10.2. The zero-order valence-electron chi connectivity index (χ0n) is 11.3. The van der Waals surface area contributed by atoms with Crippen molar-refractivity contribution in [3.05, 3.63) is 47.9 Å². The van der Waals surface area contributed by atoms with Crippen molar-refractivity contribution < 1.29 is 4.79 Å². The first kappa shape index (κ1) is 13.8. The van der Waals surface area contributed by atoms with E-state index in [1.165, 1.54) is 11.6 Å². The molecule has 4 N–H and O–H groups in total. The van der Waals surface area contributed by atoms with E-state index in [4.69, 9.17) is 11.5 Å². The van der Waals surface area contributed by atoms with Gasteiger partial charge in [0.05, 0.1) is 5.69 Å². The molecule has 2 rings (SSSR count). The van der Waals surface area contributed by atoms with Crippen molar-refractivity contribution >= 4 is 17.4 Å². The molecular weight excluding hydrogens is 254 g/mol. The lowest BCUT2D eigenvalue weighted by molar-refractivity contribution is 0.0995. The minimum atomic E-state index is -0.561. The summed E-state index contributed by atoms with van der Waals surface area (Å²) in [5.74, 6) is 0.00383. The van der Waals surface area contributed by atoms with E-state index in [0.29, 0.717) is 11.5 Å². The van der Waals surface area contributed by atoms with Crippen LogP contribution in [-0.4, -0.2) is 29.5 Å². The Morgan fingerprint density at radius 2 is 1.95 bits per heavy atom. The van der Waals surface area contributed by atoms with E-state index >= 15 is 0 Å². The standard InChI is InChI=1S/C14H17N5O/c1-19(9-6-10-4-7-17-8-5-10)14-11(15)2-3-12(18-14)13(16)20/h2-5,7-8H,6,9,15H2,1H3,(H2,16,20). The molecule has 1 amide bonds. The van der Waals surface area contributed by atoms with Gasteiger partial charge in [0.15, 0.2) is 5.82 Å². The number of hydrogen-bond donors (Lipinski definition) is 2. The second-order valence-electron chi connectivity index (χ2n) is 4.50. The van der Waals surface area contributed by atoms with E-state index in [0.717, 1.165) is 13.0 Å². The Morgan fingerprint density at radius 3 is 2.60 bits per heavy atom. The van der Waals surface area contributed by atoms with E-state index in [2.05, 4.69) is 9.97 Å². The molecule has 0 spiro atoms. The maximum Gasteiger partial charge on any atom is 0.267 e. The molecule has 0 saturated carbocycles. The number of nitrogens with two attached hydrogens (primary N) is 2. The molecule has 0 radical (unpaired) electrons. The number of nitrogen functional groups attached to an aromatic ring is 1. The quantitative estimate of drug-likeness (QED) is 0.839. The summed E-state index contributed by atoms with van der Waals surface area (Å²) in [4.78, 5) is 21.2. The van der Waals surface area contributed by atoms with E-state index in [9.17, 15) is 4.79 Å². The smallest absolute Gasteiger partial charge is 0.267 e. The van der Waals surface area contributed by atoms with E-state index < -0.39 is 5.91 Å². The number of aromatic nitrogens is 2. The third-order valence-corrected chi connectivity index (χ3v) is 3.00. The third kappa shape index (κ3) is 3.23. The highest BCUT2D eigenvalue weighted by Gasteiger charge is 2.11. The summed E-state index contributed by atoms with van der Waals surface area (Å²) < 4.78 is 0. The molecule has 6 heteroatoms. The summed E-state index contributed by atoms with van der Waals surface area (Å²) >= 11 is 0. The molecule has 0 saturated heterocycles. The average molecular weight is 271 g/mol. The van der Waals surface area contributed by atoms with Gasteiger partial charge in [0.2, 0.25) is 0 Å². The fraction of sp³-hybridized carbons (Fsp3) is 0.214. The van der Waals surface area contributed by atoms with Crippen molar-refractivity contribution in [3.63, 3.8) is 0 Å². The van der Waals surface area contributed by atoms with Crippen LogP contribution >= 0.6 is 0 Å². The molecule has 0 unspecified atom stereocenters. The Kier molecular flexibility index (Phi) is 4.14. The van der Waals surface area contributed by atoms with Gasteiger partial charge in [-0.2, -0.15) is 0 Å². The number of pyridine rings is 2. The predicted octanol–water partition coefficient (Wildman–Crippen LogP) is 0.837. The molecule has 20 heavy (non-hydrogen) atoms. The minimum Gasteiger partial charge on any atom is -0.396 e. The second-order valence-corrected chi connectivity index (χ2v) is 4.50. The molecule has 0 aliphatic heterocycles. The number of rotatable bonds is 5. The van der Waals surface area contributed by atoms with Crippen molar-refractivity contribution in [1.29, 1.82) is 0 Å². The van der Waals surface area contributed by atoms with Crippen molar-refractivity contribution in [2.24, 2.45) is 5.73 Å². The van der Waals surface area contributed by atoms with Gasteiger partial charge >= 0.3 is 0 Å². The van der Waals surface area contributed by atoms with Gasteiger partial charge in [-0.15, -0.1) is 0 Å². The Labute approximate surface area is 117 Å². The van der Waals surface area contributed by atoms with Gasteiger partial charge in [-0.05, 0) is 36.2 Å². The molecule has 104 valence electrons. The second kappa shape index (κ2) is 6.01. The number of amides is 1. The maximum atomic E-state index is 11.2. The van der Waals surface area contributed by atoms with Crippen LogP contribution in [0.4, 0.5) is 11.5 Å². The van der Waals surface area contributed by atoms with Gasteiger partial charge in [0.1, 0.15) is 5.69 Å². The first-order valence-corrected chi connectivity index (χ1v) is 6.24. The summed E-state index contributed by atoms with van der Waals surface area (Å²) in [5, 5.41) is 0. The van der Waals surface area contributed by atoms with Crippen LogP contribution in [0.3, 0.4) is 0 Å². The van der Waals surface area contributed by atoms with E-state index in [1.54, 1.807) is 18.5 Å². The summed E-state index contributed by atoms with van der Waals surface area (Å²) in [6, 6.07) is 7.10. The number of anilines is 2. The lowest BCUT2D eigenvalue weighted by Gasteiger charge is -2.20. The van der Waals surface area contributed by atoms with Crippen LogP contribution in [0.2, 0.25) is 0 Å². The molecule has 0 aliphatic rings. The summed E-state index contributed by atoms with van der Waals surface area (Å²) in [6.45, 7) is 0.726. The van der Waals surface area contributed by atoms with Gasteiger partial charge in [0.25, 0.3) is 5.91 Å². The number of carbonyl (C=O) groups excluding carboxylic acids is 1. The Balaban J connectivity index is 2.10. The molecule has 0 fully saturated rings. The van der Waals surface area contributed by atoms with Gasteiger partial charge in [0, 0.05) is 26.0 Å². The van der Waals surface area contributed by atoms with Crippen LogP contribution in [0.5, 0.6) is 0 Å². The first-order chi connectivity index (χ1) is 9.58. The number of hydrogen-bond acceptors (Lipinski definition) is 5. The zero-order valence-corrected chi connectivity index (χ0v) is 11.3. The summed E-state index contributed by atoms with van der Waals surface area (Å²) in [5.41, 5.74) is 13.0. The van der Waals surface area contributed by atoms with Crippen LogP contribution in [0.15, 0.2) is 36.7 Å². The van der Waals surface area contributed by atoms with Crippen molar-refractivity contribution in [3.8, 4) is 0 Å². The van der Waals surface area contributed by atoms with Gasteiger partial charge in [-0.1, -0.05) is 0 Å². The highest BCUT2D eigenvalue weighted by Crippen LogP contribution is 2.19. The van der Waals surface area contributed by atoms with Gasteiger partial charge < -0.3 is 16.4 Å². The molecule has 6 nitrogen and oxygen atoms in total. The largest absolute Gasteiger partial charge is 0.396 e. The minimum absolute atomic E-state index is 0.213. The number of nitrogens with zero attached hydrogens (tertiary/aromatic N) is 3. The lowest BCUT2D eigenvalue weighted by Crippen LogP contribution is -2.24. The Bertz CT molecular complexity index is 600. The number of primary amides is 1. The van der Waals surface area contributed by atoms with Crippen molar-refractivity contribution in [2.75, 3.05) is 24.2 Å². The third-order valence-electron chi connectivity index (χ3n) is 3.00. The Morgan fingerprint density at radius 1 is 1.25 bits per heavy atom. The van der Waals surface area contributed by atoms with Crippen LogP contribution in [0.25, 0.3) is 0 Å². The highest BCUT2D eigenvalue weighted by atomic mass is 16.1. The molecule has 0 atom stereocenters.